The average Bonchev–Trinajstić information content (AvgIpc) is 2.82. The second-order valence-corrected chi connectivity index (χ2v) is 5.36. The molecule has 3 aromatic rings. The van der Waals surface area contributed by atoms with Gasteiger partial charge in [-0.25, -0.2) is 4.98 Å². The molecule has 3 rings (SSSR count). The van der Waals surface area contributed by atoms with Gasteiger partial charge < -0.3 is 4.42 Å². The van der Waals surface area contributed by atoms with Crippen LogP contribution in [-0.4, -0.2) is 4.98 Å². The average molecular weight is 325 g/mol. The highest BCUT2D eigenvalue weighted by Crippen LogP contribution is 2.27. The summed E-state index contributed by atoms with van der Waals surface area (Å²) in [5.74, 6) is 0.485. The van der Waals surface area contributed by atoms with Crippen LogP contribution in [0.1, 0.15) is 11.5 Å². The first-order valence-electron chi connectivity index (χ1n) is 5.82. The van der Waals surface area contributed by atoms with E-state index in [9.17, 15) is 0 Å². The van der Waals surface area contributed by atoms with Crippen LogP contribution in [0, 0.1) is 0 Å². The quantitative estimate of drug-likeness (QED) is 0.581. The van der Waals surface area contributed by atoms with Crippen molar-refractivity contribution >= 4 is 58.1 Å². The van der Waals surface area contributed by atoms with Gasteiger partial charge in [0.15, 0.2) is 5.58 Å². The van der Waals surface area contributed by atoms with Gasteiger partial charge in [0.2, 0.25) is 5.89 Å². The Morgan fingerprint density at radius 2 is 1.85 bits per heavy atom. The van der Waals surface area contributed by atoms with E-state index in [1.165, 1.54) is 0 Å². The predicted molar refractivity (Wildman–Crippen MR) is 84.4 cm³/mol. The largest absolute Gasteiger partial charge is 0.437 e. The summed E-state index contributed by atoms with van der Waals surface area (Å²) in [5, 5.41) is 1.64. The molecule has 0 atom stereocenters. The Kier molecular flexibility index (Phi) is 3.70. The van der Waals surface area contributed by atoms with Gasteiger partial charge in [-0.15, -0.1) is 0 Å². The van der Waals surface area contributed by atoms with Crippen LogP contribution in [0.25, 0.3) is 23.3 Å². The lowest BCUT2D eigenvalue weighted by molar-refractivity contribution is 0.590. The minimum absolute atomic E-state index is 0.485. The Morgan fingerprint density at radius 1 is 1.00 bits per heavy atom. The lowest BCUT2D eigenvalue weighted by Gasteiger charge is -1.98. The molecule has 0 aliphatic rings. The van der Waals surface area contributed by atoms with Crippen molar-refractivity contribution in [3.63, 3.8) is 0 Å². The molecule has 0 fully saturated rings. The molecule has 20 heavy (non-hydrogen) atoms. The zero-order valence-corrected chi connectivity index (χ0v) is 12.4. The summed E-state index contributed by atoms with van der Waals surface area (Å²) >= 11 is 18.0. The van der Waals surface area contributed by atoms with Gasteiger partial charge in [-0.1, -0.05) is 46.9 Å². The van der Waals surface area contributed by atoms with E-state index in [2.05, 4.69) is 4.98 Å². The molecular formula is C15H8Cl3NO. The number of fused-ring (bicyclic) bond motifs is 1. The second-order valence-electron chi connectivity index (χ2n) is 4.14. The maximum atomic E-state index is 6.11. The third kappa shape index (κ3) is 2.68. The summed E-state index contributed by atoms with van der Waals surface area (Å²) in [4.78, 5) is 4.33. The van der Waals surface area contributed by atoms with Crippen molar-refractivity contribution in [1.29, 1.82) is 0 Å². The number of halogens is 3. The van der Waals surface area contributed by atoms with E-state index in [1.807, 2.05) is 12.1 Å². The van der Waals surface area contributed by atoms with Gasteiger partial charge in [-0.2, -0.15) is 0 Å². The fourth-order valence-corrected chi connectivity index (χ4v) is 2.34. The zero-order valence-electron chi connectivity index (χ0n) is 10.1. The SMILES string of the molecule is Clc1ccc2oc(/C=C/c3cccc(Cl)c3Cl)nc2c1. The molecule has 100 valence electrons. The third-order valence-electron chi connectivity index (χ3n) is 2.75. The molecular weight excluding hydrogens is 317 g/mol. The fraction of sp³-hybridized carbons (Fsp3) is 0. The van der Waals surface area contributed by atoms with Crippen molar-refractivity contribution in [3.05, 3.63) is 62.9 Å². The summed E-state index contributed by atoms with van der Waals surface area (Å²) in [7, 11) is 0. The van der Waals surface area contributed by atoms with E-state index >= 15 is 0 Å². The number of rotatable bonds is 2. The first kappa shape index (κ1) is 13.5. The smallest absolute Gasteiger partial charge is 0.220 e. The number of hydrogen-bond acceptors (Lipinski definition) is 2. The minimum Gasteiger partial charge on any atom is -0.437 e. The van der Waals surface area contributed by atoms with Gasteiger partial charge in [0.1, 0.15) is 5.52 Å². The maximum absolute atomic E-state index is 6.11. The minimum atomic E-state index is 0.485. The highest BCUT2D eigenvalue weighted by molar-refractivity contribution is 6.42. The van der Waals surface area contributed by atoms with E-state index in [4.69, 9.17) is 39.2 Å². The molecule has 0 unspecified atom stereocenters. The number of aromatic nitrogens is 1. The van der Waals surface area contributed by atoms with Crippen LogP contribution in [0.3, 0.4) is 0 Å². The first-order valence-corrected chi connectivity index (χ1v) is 6.95. The molecule has 0 saturated heterocycles. The number of oxazole rings is 1. The first-order chi connectivity index (χ1) is 9.63. The summed E-state index contributed by atoms with van der Waals surface area (Å²) in [6.07, 6.45) is 3.55. The normalized spacial score (nSPS) is 11.6. The van der Waals surface area contributed by atoms with Crippen LogP contribution in [0.5, 0.6) is 0 Å². The van der Waals surface area contributed by atoms with Crippen LogP contribution < -0.4 is 0 Å². The third-order valence-corrected chi connectivity index (χ3v) is 3.82. The second kappa shape index (κ2) is 5.49. The summed E-state index contributed by atoms with van der Waals surface area (Å²) < 4.78 is 5.58. The molecule has 0 amide bonds. The van der Waals surface area contributed by atoms with Crippen molar-refractivity contribution in [1.82, 2.24) is 4.98 Å². The Hall–Kier alpha value is -1.48. The molecule has 5 heteroatoms. The zero-order chi connectivity index (χ0) is 14.1. The van der Waals surface area contributed by atoms with E-state index in [-0.39, 0.29) is 0 Å². The molecule has 0 saturated carbocycles. The fourth-order valence-electron chi connectivity index (χ4n) is 1.80. The van der Waals surface area contributed by atoms with Crippen LogP contribution in [0.4, 0.5) is 0 Å². The van der Waals surface area contributed by atoms with Crippen LogP contribution in [-0.2, 0) is 0 Å². The molecule has 0 aliphatic carbocycles. The summed E-state index contributed by atoms with van der Waals surface area (Å²) in [6, 6.07) is 10.7. The standard InChI is InChI=1S/C15H8Cl3NO/c16-10-5-6-13-12(8-10)19-14(20-13)7-4-9-2-1-3-11(17)15(9)18/h1-8H/b7-4+. The molecule has 0 radical (unpaired) electrons. The van der Waals surface area contributed by atoms with E-state index in [0.29, 0.717) is 32.1 Å². The monoisotopic (exact) mass is 323 g/mol. The van der Waals surface area contributed by atoms with Gasteiger partial charge in [0, 0.05) is 11.1 Å². The van der Waals surface area contributed by atoms with Gasteiger partial charge >= 0.3 is 0 Å². The van der Waals surface area contributed by atoms with Gasteiger partial charge in [-0.05, 0) is 35.9 Å². The molecule has 0 bridgehead atoms. The van der Waals surface area contributed by atoms with E-state index < -0.39 is 0 Å². The number of hydrogen-bond donors (Lipinski definition) is 0. The van der Waals surface area contributed by atoms with Crippen LogP contribution >= 0.6 is 34.8 Å². The summed E-state index contributed by atoms with van der Waals surface area (Å²) in [6.45, 7) is 0. The number of benzene rings is 2. The van der Waals surface area contributed by atoms with Crippen molar-refractivity contribution in [2.45, 2.75) is 0 Å². The van der Waals surface area contributed by atoms with Gasteiger partial charge in [-0.3, -0.25) is 0 Å². The molecule has 2 aromatic carbocycles. The Labute approximate surface area is 130 Å². The van der Waals surface area contributed by atoms with Crippen LogP contribution in [0.2, 0.25) is 15.1 Å². The van der Waals surface area contributed by atoms with Gasteiger partial charge in [0.05, 0.1) is 10.0 Å². The number of nitrogens with zero attached hydrogens (tertiary/aromatic N) is 1. The molecule has 2 nitrogen and oxygen atoms in total. The van der Waals surface area contributed by atoms with Crippen molar-refractivity contribution in [3.8, 4) is 0 Å². The van der Waals surface area contributed by atoms with E-state index in [0.717, 1.165) is 5.56 Å². The molecule has 0 aliphatic heterocycles. The Bertz CT molecular complexity index is 808. The van der Waals surface area contributed by atoms with Crippen molar-refractivity contribution in [2.24, 2.45) is 0 Å². The van der Waals surface area contributed by atoms with Crippen LogP contribution in [0.15, 0.2) is 40.8 Å². The molecule has 0 spiro atoms. The van der Waals surface area contributed by atoms with E-state index in [1.54, 1.807) is 36.4 Å². The molecule has 0 N–H and O–H groups in total. The lowest BCUT2D eigenvalue weighted by atomic mass is 10.2. The Balaban J connectivity index is 1.96. The highest BCUT2D eigenvalue weighted by atomic mass is 35.5. The lowest BCUT2D eigenvalue weighted by Crippen LogP contribution is -1.76. The molecule has 1 aromatic heterocycles. The predicted octanol–water partition coefficient (Wildman–Crippen LogP) is 5.96. The Morgan fingerprint density at radius 3 is 2.70 bits per heavy atom. The van der Waals surface area contributed by atoms with Crippen molar-refractivity contribution in [2.75, 3.05) is 0 Å². The highest BCUT2D eigenvalue weighted by Gasteiger charge is 2.05. The molecule has 1 heterocycles. The maximum Gasteiger partial charge on any atom is 0.220 e. The van der Waals surface area contributed by atoms with Gasteiger partial charge in [0.25, 0.3) is 0 Å². The van der Waals surface area contributed by atoms with Crippen molar-refractivity contribution < 1.29 is 4.42 Å². The summed E-state index contributed by atoms with van der Waals surface area (Å²) in [5.41, 5.74) is 2.21. The topological polar surface area (TPSA) is 26.0 Å².